The van der Waals surface area contributed by atoms with Gasteiger partial charge in [-0.2, -0.15) is 0 Å². The fourth-order valence-electron chi connectivity index (χ4n) is 2.51. The summed E-state index contributed by atoms with van der Waals surface area (Å²) in [7, 11) is 1.32. The molecule has 0 bridgehead atoms. The predicted octanol–water partition coefficient (Wildman–Crippen LogP) is 4.14. The van der Waals surface area contributed by atoms with Gasteiger partial charge in [0.25, 0.3) is 0 Å². The summed E-state index contributed by atoms with van der Waals surface area (Å²) in [5, 5.41) is 1.03. The Bertz CT molecular complexity index is 874. The number of fused-ring (bicyclic) bond motifs is 1. The zero-order valence-corrected chi connectivity index (χ0v) is 12.3. The summed E-state index contributed by atoms with van der Waals surface area (Å²) in [6.07, 6.45) is 1.21. The van der Waals surface area contributed by atoms with Crippen LogP contribution in [-0.4, -0.2) is 18.1 Å². The molecule has 1 heterocycles. The van der Waals surface area contributed by atoms with Gasteiger partial charge in [-0.1, -0.05) is 30.3 Å². The lowest BCUT2D eigenvalue weighted by atomic mass is 9.98. The van der Waals surface area contributed by atoms with Crippen LogP contribution in [0.4, 0.5) is 4.39 Å². The van der Waals surface area contributed by atoms with Crippen LogP contribution in [0.5, 0.6) is 0 Å². The molecular weight excluding hydrogens is 281 g/mol. The molecule has 4 heteroatoms. The van der Waals surface area contributed by atoms with Gasteiger partial charge in [-0.15, -0.1) is 0 Å². The maximum Gasteiger partial charge on any atom is 0.337 e. The second-order valence-corrected chi connectivity index (χ2v) is 5.02. The van der Waals surface area contributed by atoms with Crippen molar-refractivity contribution < 1.29 is 13.9 Å². The fraction of sp³-hybridized carbons (Fsp3) is 0.111. The van der Waals surface area contributed by atoms with Crippen molar-refractivity contribution in [1.82, 2.24) is 4.98 Å². The number of hydrogen-bond donors (Lipinski definition) is 0. The van der Waals surface area contributed by atoms with Crippen LogP contribution in [-0.2, 0) is 4.74 Å². The smallest absolute Gasteiger partial charge is 0.337 e. The van der Waals surface area contributed by atoms with Gasteiger partial charge < -0.3 is 4.74 Å². The van der Waals surface area contributed by atoms with Crippen LogP contribution in [0.3, 0.4) is 0 Å². The molecule has 3 aromatic rings. The van der Waals surface area contributed by atoms with Crippen molar-refractivity contribution in [2.75, 3.05) is 7.11 Å². The SMILES string of the molecule is COC(=O)c1ccc2c(F)cnc(-c3ccccc3C)c2c1. The molecule has 0 aliphatic carbocycles. The van der Waals surface area contributed by atoms with Gasteiger partial charge in [0, 0.05) is 16.3 Å². The highest BCUT2D eigenvalue weighted by Gasteiger charge is 2.14. The molecule has 0 spiro atoms. The van der Waals surface area contributed by atoms with Crippen LogP contribution in [0.2, 0.25) is 0 Å². The van der Waals surface area contributed by atoms with E-state index in [1.54, 1.807) is 18.2 Å². The number of halogens is 1. The Morgan fingerprint density at radius 3 is 2.64 bits per heavy atom. The van der Waals surface area contributed by atoms with Gasteiger partial charge in [0.2, 0.25) is 0 Å². The zero-order valence-electron chi connectivity index (χ0n) is 12.3. The number of aryl methyl sites for hydroxylation is 1. The third-order valence-electron chi connectivity index (χ3n) is 3.66. The van der Waals surface area contributed by atoms with Crippen molar-refractivity contribution in [3.8, 4) is 11.3 Å². The molecule has 0 atom stereocenters. The highest BCUT2D eigenvalue weighted by atomic mass is 19.1. The number of ether oxygens (including phenoxy) is 1. The summed E-state index contributed by atoms with van der Waals surface area (Å²) < 4.78 is 18.8. The summed E-state index contributed by atoms with van der Waals surface area (Å²) in [4.78, 5) is 16.0. The molecule has 0 amide bonds. The van der Waals surface area contributed by atoms with Gasteiger partial charge in [0.15, 0.2) is 0 Å². The maximum absolute atomic E-state index is 14.0. The number of nitrogens with zero attached hydrogens (tertiary/aromatic N) is 1. The number of carbonyl (C=O) groups excluding carboxylic acids is 1. The number of benzene rings is 2. The van der Waals surface area contributed by atoms with Crippen molar-refractivity contribution in [3.05, 3.63) is 65.6 Å². The van der Waals surface area contributed by atoms with Crippen molar-refractivity contribution in [3.63, 3.8) is 0 Å². The first-order valence-corrected chi connectivity index (χ1v) is 6.84. The average molecular weight is 295 g/mol. The highest BCUT2D eigenvalue weighted by Crippen LogP contribution is 2.31. The first-order valence-electron chi connectivity index (χ1n) is 6.84. The number of aromatic nitrogens is 1. The Kier molecular flexibility index (Phi) is 3.59. The molecule has 0 N–H and O–H groups in total. The van der Waals surface area contributed by atoms with E-state index >= 15 is 0 Å². The largest absolute Gasteiger partial charge is 0.465 e. The van der Waals surface area contributed by atoms with Crippen molar-refractivity contribution >= 4 is 16.7 Å². The van der Waals surface area contributed by atoms with Gasteiger partial charge in [-0.3, -0.25) is 4.98 Å². The highest BCUT2D eigenvalue weighted by molar-refractivity contribution is 6.00. The van der Waals surface area contributed by atoms with Gasteiger partial charge in [-0.05, 0) is 24.6 Å². The molecule has 3 rings (SSSR count). The van der Waals surface area contributed by atoms with Crippen LogP contribution in [0.25, 0.3) is 22.0 Å². The Morgan fingerprint density at radius 1 is 1.14 bits per heavy atom. The fourth-order valence-corrected chi connectivity index (χ4v) is 2.51. The van der Waals surface area contributed by atoms with E-state index in [0.29, 0.717) is 22.0 Å². The summed E-state index contributed by atoms with van der Waals surface area (Å²) in [6.45, 7) is 1.97. The Hall–Kier alpha value is -2.75. The van der Waals surface area contributed by atoms with Crippen LogP contribution in [0.1, 0.15) is 15.9 Å². The number of pyridine rings is 1. The first-order chi connectivity index (χ1) is 10.6. The molecule has 0 aliphatic heterocycles. The second-order valence-electron chi connectivity index (χ2n) is 5.02. The van der Waals surface area contributed by atoms with E-state index in [2.05, 4.69) is 4.98 Å². The number of rotatable bonds is 2. The van der Waals surface area contributed by atoms with Crippen LogP contribution in [0.15, 0.2) is 48.7 Å². The summed E-state index contributed by atoms with van der Waals surface area (Å²) >= 11 is 0. The van der Waals surface area contributed by atoms with Crippen molar-refractivity contribution in [2.24, 2.45) is 0 Å². The molecule has 0 aliphatic rings. The summed E-state index contributed by atoms with van der Waals surface area (Å²) in [6, 6.07) is 12.5. The van der Waals surface area contributed by atoms with Crippen molar-refractivity contribution in [1.29, 1.82) is 0 Å². The lowest BCUT2D eigenvalue weighted by Gasteiger charge is -2.10. The van der Waals surface area contributed by atoms with Gasteiger partial charge in [0.1, 0.15) is 5.82 Å². The quantitative estimate of drug-likeness (QED) is 0.667. The van der Waals surface area contributed by atoms with Gasteiger partial charge in [0.05, 0.1) is 24.6 Å². The van der Waals surface area contributed by atoms with E-state index in [4.69, 9.17) is 4.74 Å². The second kappa shape index (κ2) is 5.56. The molecular formula is C18H14FNO2. The zero-order chi connectivity index (χ0) is 15.7. The van der Waals surface area contributed by atoms with Crippen LogP contribution in [0, 0.1) is 12.7 Å². The molecule has 0 unspecified atom stereocenters. The Labute approximate surface area is 127 Å². The topological polar surface area (TPSA) is 39.2 Å². The van der Waals surface area contributed by atoms with E-state index in [0.717, 1.165) is 11.1 Å². The maximum atomic E-state index is 14.0. The molecule has 0 saturated carbocycles. The molecule has 22 heavy (non-hydrogen) atoms. The minimum absolute atomic E-state index is 0.372. The van der Waals surface area contributed by atoms with Crippen LogP contribution < -0.4 is 0 Å². The third kappa shape index (κ3) is 2.33. The molecule has 2 aromatic carbocycles. The number of hydrogen-bond acceptors (Lipinski definition) is 3. The molecule has 3 nitrogen and oxygen atoms in total. The molecule has 0 fully saturated rings. The molecule has 1 aromatic heterocycles. The molecule has 0 radical (unpaired) electrons. The Morgan fingerprint density at radius 2 is 1.91 bits per heavy atom. The summed E-state index contributed by atoms with van der Waals surface area (Å²) in [5.41, 5.74) is 2.97. The standard InChI is InChI=1S/C18H14FNO2/c1-11-5-3-4-6-13(11)17-15-9-12(18(21)22-2)7-8-14(15)16(19)10-20-17/h3-10H,1-2H3. The minimum Gasteiger partial charge on any atom is -0.465 e. The first kappa shape index (κ1) is 14.2. The monoisotopic (exact) mass is 295 g/mol. The molecule has 110 valence electrons. The van der Waals surface area contributed by atoms with Gasteiger partial charge >= 0.3 is 5.97 Å². The minimum atomic E-state index is -0.457. The lowest BCUT2D eigenvalue weighted by Crippen LogP contribution is -2.01. The van der Waals surface area contributed by atoms with E-state index < -0.39 is 11.8 Å². The van der Waals surface area contributed by atoms with E-state index in [1.165, 1.54) is 13.3 Å². The lowest BCUT2D eigenvalue weighted by molar-refractivity contribution is 0.0601. The Balaban J connectivity index is 2.33. The van der Waals surface area contributed by atoms with Crippen LogP contribution >= 0.6 is 0 Å². The van der Waals surface area contributed by atoms with Crippen molar-refractivity contribution in [2.45, 2.75) is 6.92 Å². The van der Waals surface area contributed by atoms with E-state index in [-0.39, 0.29) is 0 Å². The third-order valence-corrected chi connectivity index (χ3v) is 3.66. The number of carbonyl (C=O) groups is 1. The van der Waals surface area contributed by atoms with E-state index in [1.807, 2.05) is 31.2 Å². The average Bonchev–Trinajstić information content (AvgIpc) is 2.55. The number of methoxy groups -OCH3 is 1. The summed E-state index contributed by atoms with van der Waals surface area (Å²) in [5.74, 6) is -0.870. The normalized spacial score (nSPS) is 10.7. The number of esters is 1. The van der Waals surface area contributed by atoms with E-state index in [9.17, 15) is 9.18 Å². The van der Waals surface area contributed by atoms with Gasteiger partial charge in [-0.25, -0.2) is 9.18 Å². The predicted molar refractivity (Wildman–Crippen MR) is 83.2 cm³/mol. The molecule has 0 saturated heterocycles.